The van der Waals surface area contributed by atoms with Crippen LogP contribution in [0, 0.1) is 10.1 Å². The van der Waals surface area contributed by atoms with Crippen molar-refractivity contribution in [3.63, 3.8) is 0 Å². The zero-order valence-electron chi connectivity index (χ0n) is 13.6. The molecule has 3 rings (SSSR count). The first-order chi connectivity index (χ1) is 12.5. The highest BCUT2D eigenvalue weighted by Crippen LogP contribution is 2.29. The maximum Gasteiger partial charge on any atom is 0.291 e. The summed E-state index contributed by atoms with van der Waals surface area (Å²) in [5, 5.41) is 14.0. The lowest BCUT2D eigenvalue weighted by Gasteiger charge is -2.09. The minimum atomic E-state index is -0.498. The Morgan fingerprint density at radius 3 is 2.73 bits per heavy atom. The molecule has 3 aromatic rings. The van der Waals surface area contributed by atoms with Crippen molar-refractivity contribution in [3.05, 3.63) is 75.5 Å². The highest BCUT2D eigenvalue weighted by atomic mass is 35.5. The summed E-state index contributed by atoms with van der Waals surface area (Å²) in [6.45, 7) is 0. The molecule has 0 atom stereocenters. The first kappa shape index (κ1) is 17.5. The quantitative estimate of drug-likeness (QED) is 0.514. The molecule has 0 unspecified atom stereocenters. The topological polar surface area (TPSA) is 94.6 Å². The van der Waals surface area contributed by atoms with Gasteiger partial charge in [-0.2, -0.15) is 0 Å². The predicted octanol–water partition coefficient (Wildman–Crippen LogP) is 4.77. The molecule has 1 heterocycles. The number of ether oxygens (including phenoxy) is 1. The highest BCUT2D eigenvalue weighted by Gasteiger charge is 2.16. The zero-order valence-corrected chi connectivity index (χ0v) is 14.3. The fourth-order valence-electron chi connectivity index (χ4n) is 2.35. The summed E-state index contributed by atoms with van der Waals surface area (Å²) in [6.07, 6.45) is 0. The molecule has 0 aliphatic carbocycles. The van der Waals surface area contributed by atoms with Crippen molar-refractivity contribution in [1.82, 2.24) is 0 Å². The zero-order chi connectivity index (χ0) is 18.7. The molecule has 7 nitrogen and oxygen atoms in total. The van der Waals surface area contributed by atoms with Gasteiger partial charge in [-0.25, -0.2) is 0 Å². The predicted molar refractivity (Wildman–Crippen MR) is 96.8 cm³/mol. The lowest BCUT2D eigenvalue weighted by atomic mass is 10.1. The molecular weight excluding hydrogens is 360 g/mol. The number of anilines is 1. The minimum absolute atomic E-state index is 0.0496. The van der Waals surface area contributed by atoms with Gasteiger partial charge in [0.25, 0.3) is 11.6 Å². The summed E-state index contributed by atoms with van der Waals surface area (Å²) < 4.78 is 10.7. The Hall–Kier alpha value is -3.32. The number of rotatable bonds is 5. The van der Waals surface area contributed by atoms with E-state index < -0.39 is 10.8 Å². The molecule has 0 bridgehead atoms. The summed E-state index contributed by atoms with van der Waals surface area (Å²) in [4.78, 5) is 22.8. The first-order valence-electron chi connectivity index (χ1n) is 7.47. The van der Waals surface area contributed by atoms with E-state index in [-0.39, 0.29) is 11.4 Å². The van der Waals surface area contributed by atoms with Crippen LogP contribution in [0.15, 0.2) is 59.0 Å². The molecule has 0 fully saturated rings. The third-order valence-corrected chi connectivity index (χ3v) is 3.82. The molecule has 0 aliphatic rings. The Kier molecular flexibility index (Phi) is 4.90. The molecule has 1 N–H and O–H groups in total. The van der Waals surface area contributed by atoms with E-state index in [2.05, 4.69) is 5.32 Å². The second-order valence-electron chi connectivity index (χ2n) is 5.27. The van der Waals surface area contributed by atoms with Gasteiger partial charge in [0, 0.05) is 22.7 Å². The van der Waals surface area contributed by atoms with Crippen molar-refractivity contribution >= 4 is 28.9 Å². The van der Waals surface area contributed by atoms with Gasteiger partial charge in [-0.15, -0.1) is 0 Å². The Morgan fingerprint density at radius 2 is 2.00 bits per heavy atom. The second kappa shape index (κ2) is 7.28. The Labute approximate surface area is 153 Å². The van der Waals surface area contributed by atoms with Crippen LogP contribution in [0.2, 0.25) is 5.02 Å². The van der Waals surface area contributed by atoms with E-state index in [0.29, 0.717) is 27.8 Å². The molecule has 0 saturated heterocycles. The number of furan rings is 1. The maximum absolute atomic E-state index is 12.4. The number of carbonyl (C=O) groups is 1. The van der Waals surface area contributed by atoms with E-state index in [9.17, 15) is 14.9 Å². The summed E-state index contributed by atoms with van der Waals surface area (Å²) in [5.74, 6) is 0.348. The van der Waals surface area contributed by atoms with E-state index in [0.717, 1.165) is 0 Å². The Balaban J connectivity index is 1.84. The SMILES string of the molecule is COc1ccc(Cl)cc1NC(=O)c1ccc(-c2cccc([N+](=O)[O-])c2)o1. The molecule has 2 aromatic carbocycles. The van der Waals surface area contributed by atoms with Gasteiger partial charge in [0.2, 0.25) is 0 Å². The van der Waals surface area contributed by atoms with E-state index in [1.165, 1.54) is 25.3 Å². The molecule has 1 aromatic heterocycles. The summed E-state index contributed by atoms with van der Waals surface area (Å²) in [7, 11) is 1.48. The maximum atomic E-state index is 12.4. The third kappa shape index (κ3) is 3.68. The van der Waals surface area contributed by atoms with Gasteiger partial charge in [0.1, 0.15) is 11.5 Å². The van der Waals surface area contributed by atoms with Gasteiger partial charge in [-0.3, -0.25) is 14.9 Å². The van der Waals surface area contributed by atoms with Crippen molar-refractivity contribution in [2.45, 2.75) is 0 Å². The monoisotopic (exact) mass is 372 g/mol. The third-order valence-electron chi connectivity index (χ3n) is 3.58. The van der Waals surface area contributed by atoms with Gasteiger partial charge < -0.3 is 14.5 Å². The van der Waals surface area contributed by atoms with Crippen LogP contribution >= 0.6 is 11.6 Å². The van der Waals surface area contributed by atoms with Crippen LogP contribution in [0.4, 0.5) is 11.4 Å². The number of nitrogens with zero attached hydrogens (tertiary/aromatic N) is 1. The van der Waals surface area contributed by atoms with Crippen LogP contribution in [0.25, 0.3) is 11.3 Å². The fraction of sp³-hybridized carbons (Fsp3) is 0.0556. The van der Waals surface area contributed by atoms with Crippen LogP contribution in [-0.2, 0) is 0 Å². The molecule has 132 valence electrons. The molecular formula is C18H13ClN2O5. The number of amides is 1. The lowest BCUT2D eigenvalue weighted by Crippen LogP contribution is -2.11. The van der Waals surface area contributed by atoms with E-state index in [1.807, 2.05) is 0 Å². The number of hydrogen-bond donors (Lipinski definition) is 1. The number of nitro groups is 1. The summed E-state index contributed by atoms with van der Waals surface area (Å²) in [5.41, 5.74) is 0.838. The number of nitro benzene ring substituents is 1. The van der Waals surface area contributed by atoms with Gasteiger partial charge in [-0.1, -0.05) is 23.7 Å². The van der Waals surface area contributed by atoms with Crippen molar-refractivity contribution in [2.75, 3.05) is 12.4 Å². The van der Waals surface area contributed by atoms with E-state index in [4.69, 9.17) is 20.8 Å². The fourth-order valence-corrected chi connectivity index (χ4v) is 2.52. The number of halogens is 1. The normalized spacial score (nSPS) is 10.4. The second-order valence-corrected chi connectivity index (χ2v) is 5.71. The number of nitrogens with one attached hydrogen (secondary N) is 1. The average Bonchev–Trinajstić information content (AvgIpc) is 3.12. The molecule has 0 radical (unpaired) electrons. The van der Waals surface area contributed by atoms with Crippen molar-refractivity contribution in [1.29, 1.82) is 0 Å². The standard InChI is InChI=1S/C18H13ClN2O5/c1-25-16-6-5-12(19)10-14(16)20-18(22)17-8-7-15(26-17)11-3-2-4-13(9-11)21(23)24/h2-10H,1H3,(H,20,22). The lowest BCUT2D eigenvalue weighted by molar-refractivity contribution is -0.384. The number of non-ortho nitro benzene ring substituents is 1. The molecule has 1 amide bonds. The first-order valence-corrected chi connectivity index (χ1v) is 7.85. The average molecular weight is 373 g/mol. The van der Waals surface area contributed by atoms with Crippen LogP contribution in [-0.4, -0.2) is 17.9 Å². The largest absolute Gasteiger partial charge is 0.495 e. The highest BCUT2D eigenvalue weighted by molar-refractivity contribution is 6.31. The van der Waals surface area contributed by atoms with E-state index >= 15 is 0 Å². The molecule has 0 aliphatic heterocycles. The van der Waals surface area contributed by atoms with Crippen LogP contribution in [0.5, 0.6) is 5.75 Å². The molecule has 8 heteroatoms. The Morgan fingerprint density at radius 1 is 1.19 bits per heavy atom. The van der Waals surface area contributed by atoms with Gasteiger partial charge in [0.15, 0.2) is 5.76 Å². The van der Waals surface area contributed by atoms with Gasteiger partial charge >= 0.3 is 0 Å². The molecule has 0 saturated carbocycles. The molecule has 26 heavy (non-hydrogen) atoms. The Bertz CT molecular complexity index is 983. The van der Waals surface area contributed by atoms with Gasteiger partial charge in [-0.05, 0) is 30.3 Å². The smallest absolute Gasteiger partial charge is 0.291 e. The number of benzene rings is 2. The minimum Gasteiger partial charge on any atom is -0.495 e. The summed E-state index contributed by atoms with van der Waals surface area (Å²) >= 11 is 5.94. The van der Waals surface area contributed by atoms with Crippen molar-refractivity contribution in [2.24, 2.45) is 0 Å². The van der Waals surface area contributed by atoms with E-state index in [1.54, 1.807) is 36.4 Å². The summed E-state index contributed by atoms with van der Waals surface area (Å²) in [6, 6.07) is 13.9. The van der Waals surface area contributed by atoms with Crippen LogP contribution < -0.4 is 10.1 Å². The van der Waals surface area contributed by atoms with Crippen LogP contribution in [0.3, 0.4) is 0 Å². The number of hydrogen-bond acceptors (Lipinski definition) is 5. The number of methoxy groups -OCH3 is 1. The van der Waals surface area contributed by atoms with Gasteiger partial charge in [0.05, 0.1) is 17.7 Å². The number of carbonyl (C=O) groups excluding carboxylic acids is 1. The van der Waals surface area contributed by atoms with Crippen molar-refractivity contribution in [3.8, 4) is 17.1 Å². The van der Waals surface area contributed by atoms with Crippen molar-refractivity contribution < 1.29 is 18.9 Å². The van der Waals surface area contributed by atoms with Crippen LogP contribution in [0.1, 0.15) is 10.6 Å². The molecule has 0 spiro atoms.